The average molecular weight is 362 g/mol. The molecular formula is C11H12BrN3O4S. The lowest BCUT2D eigenvalue weighted by Gasteiger charge is -2.12. The van der Waals surface area contributed by atoms with E-state index in [4.69, 9.17) is 14.4 Å². The van der Waals surface area contributed by atoms with Crippen LogP contribution in [0.3, 0.4) is 0 Å². The number of nitrogens with zero attached hydrogens (tertiary/aromatic N) is 2. The fraction of sp³-hybridized carbons (Fsp3) is 0.273. The van der Waals surface area contributed by atoms with Gasteiger partial charge in [0.25, 0.3) is 5.89 Å². The van der Waals surface area contributed by atoms with E-state index in [1.54, 1.807) is 19.9 Å². The lowest BCUT2D eigenvalue weighted by atomic mass is 10.2. The van der Waals surface area contributed by atoms with Gasteiger partial charge in [-0.25, -0.2) is 13.6 Å². The second-order valence-corrected chi connectivity index (χ2v) is 6.56. The van der Waals surface area contributed by atoms with Crippen molar-refractivity contribution >= 4 is 26.0 Å². The van der Waals surface area contributed by atoms with Crippen LogP contribution in [-0.4, -0.2) is 18.6 Å². The minimum Gasteiger partial charge on any atom is -0.482 e. The van der Waals surface area contributed by atoms with Crippen molar-refractivity contribution in [2.45, 2.75) is 25.3 Å². The van der Waals surface area contributed by atoms with Crippen LogP contribution in [0.15, 0.2) is 26.0 Å². The van der Waals surface area contributed by atoms with Crippen molar-refractivity contribution < 1.29 is 17.7 Å². The van der Waals surface area contributed by atoms with E-state index >= 15 is 0 Å². The van der Waals surface area contributed by atoms with Crippen molar-refractivity contribution in [3.63, 3.8) is 0 Å². The highest BCUT2D eigenvalue weighted by Crippen LogP contribution is 2.31. The number of hydrogen-bond donors (Lipinski definition) is 1. The number of sulfonamides is 1. The van der Waals surface area contributed by atoms with E-state index in [2.05, 4.69) is 26.1 Å². The molecule has 0 aliphatic rings. The van der Waals surface area contributed by atoms with E-state index in [1.807, 2.05) is 0 Å². The number of ether oxygens (including phenoxy) is 1. The third-order valence-electron chi connectivity index (χ3n) is 2.42. The molecule has 0 bridgehead atoms. The van der Waals surface area contributed by atoms with Crippen molar-refractivity contribution in [2.24, 2.45) is 5.14 Å². The highest BCUT2D eigenvalue weighted by Gasteiger charge is 2.19. The molecule has 0 fully saturated rings. The molecule has 0 atom stereocenters. The Labute approximate surface area is 124 Å². The topological polar surface area (TPSA) is 108 Å². The Morgan fingerprint density at radius 3 is 2.65 bits per heavy atom. The SMILES string of the molecule is Cc1noc(COc2c(C)cc(Br)cc2S(N)(=O)=O)n1. The number of aryl methyl sites for hydroxylation is 2. The Morgan fingerprint density at radius 2 is 2.10 bits per heavy atom. The Hall–Kier alpha value is -1.45. The van der Waals surface area contributed by atoms with Gasteiger partial charge in [-0.1, -0.05) is 21.1 Å². The normalized spacial score (nSPS) is 11.6. The van der Waals surface area contributed by atoms with Gasteiger partial charge in [0.05, 0.1) is 0 Å². The summed E-state index contributed by atoms with van der Waals surface area (Å²) < 4.78 is 34.2. The molecule has 1 aromatic carbocycles. The fourth-order valence-electron chi connectivity index (χ4n) is 1.63. The molecule has 2 rings (SSSR count). The summed E-state index contributed by atoms with van der Waals surface area (Å²) >= 11 is 3.22. The van der Waals surface area contributed by atoms with Crippen molar-refractivity contribution in [3.05, 3.63) is 33.9 Å². The van der Waals surface area contributed by atoms with E-state index in [-0.39, 0.29) is 23.1 Å². The zero-order valence-corrected chi connectivity index (χ0v) is 13.2. The smallest absolute Gasteiger partial charge is 0.264 e. The maximum Gasteiger partial charge on any atom is 0.264 e. The molecule has 1 heterocycles. The molecule has 0 saturated heterocycles. The summed E-state index contributed by atoms with van der Waals surface area (Å²) in [6.07, 6.45) is 0. The first-order valence-corrected chi connectivity index (χ1v) is 7.86. The van der Waals surface area contributed by atoms with E-state index in [9.17, 15) is 8.42 Å². The molecule has 2 N–H and O–H groups in total. The summed E-state index contributed by atoms with van der Waals surface area (Å²) in [5.74, 6) is 0.902. The minimum atomic E-state index is -3.90. The van der Waals surface area contributed by atoms with Crippen LogP contribution < -0.4 is 9.88 Å². The van der Waals surface area contributed by atoms with Crippen LogP contribution in [0.4, 0.5) is 0 Å². The maximum atomic E-state index is 11.6. The number of halogens is 1. The van der Waals surface area contributed by atoms with Crippen LogP contribution in [0, 0.1) is 13.8 Å². The predicted molar refractivity (Wildman–Crippen MR) is 73.6 cm³/mol. The van der Waals surface area contributed by atoms with Crippen LogP contribution in [0.2, 0.25) is 0 Å². The molecule has 0 saturated carbocycles. The molecular weight excluding hydrogens is 350 g/mol. The molecule has 0 aliphatic heterocycles. The van der Waals surface area contributed by atoms with Gasteiger partial charge in [0, 0.05) is 4.47 Å². The van der Waals surface area contributed by atoms with Gasteiger partial charge in [-0.15, -0.1) is 0 Å². The number of rotatable bonds is 4. The van der Waals surface area contributed by atoms with Crippen molar-refractivity contribution in [3.8, 4) is 5.75 Å². The highest BCUT2D eigenvalue weighted by molar-refractivity contribution is 9.10. The van der Waals surface area contributed by atoms with Crippen LogP contribution in [0.5, 0.6) is 5.75 Å². The Bertz CT molecular complexity index is 742. The van der Waals surface area contributed by atoms with E-state index in [1.165, 1.54) is 6.07 Å². The molecule has 0 aliphatic carbocycles. The minimum absolute atomic E-state index is 0.0359. The van der Waals surface area contributed by atoms with Crippen molar-refractivity contribution in [1.82, 2.24) is 10.1 Å². The Morgan fingerprint density at radius 1 is 1.40 bits per heavy atom. The van der Waals surface area contributed by atoms with E-state index < -0.39 is 10.0 Å². The second-order valence-electron chi connectivity index (χ2n) is 4.12. The zero-order chi connectivity index (χ0) is 14.9. The number of benzene rings is 1. The monoisotopic (exact) mass is 361 g/mol. The zero-order valence-electron chi connectivity index (χ0n) is 10.8. The van der Waals surface area contributed by atoms with Crippen LogP contribution >= 0.6 is 15.9 Å². The average Bonchev–Trinajstić information content (AvgIpc) is 2.72. The highest BCUT2D eigenvalue weighted by atomic mass is 79.9. The van der Waals surface area contributed by atoms with Crippen molar-refractivity contribution in [1.29, 1.82) is 0 Å². The molecule has 0 spiro atoms. The molecule has 7 nitrogen and oxygen atoms in total. The van der Waals surface area contributed by atoms with Gasteiger partial charge in [0.15, 0.2) is 12.4 Å². The molecule has 1 aromatic heterocycles. The summed E-state index contributed by atoms with van der Waals surface area (Å²) in [6.45, 7) is 3.35. The summed E-state index contributed by atoms with van der Waals surface area (Å²) in [5.41, 5.74) is 0.625. The first kappa shape index (κ1) is 14.9. The van der Waals surface area contributed by atoms with E-state index in [0.29, 0.717) is 15.9 Å². The third kappa shape index (κ3) is 3.35. The summed E-state index contributed by atoms with van der Waals surface area (Å²) in [5, 5.41) is 8.81. The molecule has 0 radical (unpaired) electrons. The third-order valence-corrected chi connectivity index (χ3v) is 3.80. The Kier molecular flexibility index (Phi) is 4.11. The first-order chi connectivity index (χ1) is 9.27. The van der Waals surface area contributed by atoms with Gasteiger partial charge >= 0.3 is 0 Å². The Balaban J connectivity index is 2.35. The number of aromatic nitrogens is 2. The van der Waals surface area contributed by atoms with Gasteiger partial charge in [0.2, 0.25) is 10.0 Å². The first-order valence-electron chi connectivity index (χ1n) is 5.52. The lowest BCUT2D eigenvalue weighted by molar-refractivity contribution is 0.236. The predicted octanol–water partition coefficient (Wildman–Crippen LogP) is 1.68. The lowest BCUT2D eigenvalue weighted by Crippen LogP contribution is -2.14. The second kappa shape index (κ2) is 5.51. The van der Waals surface area contributed by atoms with Gasteiger partial charge in [0.1, 0.15) is 10.6 Å². The van der Waals surface area contributed by atoms with Gasteiger partial charge < -0.3 is 9.26 Å². The van der Waals surface area contributed by atoms with Gasteiger partial charge in [-0.05, 0) is 31.5 Å². The quantitative estimate of drug-likeness (QED) is 0.886. The summed E-state index contributed by atoms with van der Waals surface area (Å²) in [6, 6.07) is 3.11. The molecule has 0 unspecified atom stereocenters. The number of nitrogens with two attached hydrogens (primary N) is 1. The van der Waals surface area contributed by atoms with Crippen LogP contribution in [-0.2, 0) is 16.6 Å². The standard InChI is InChI=1S/C11H12BrN3O4S/c1-6-3-8(12)4-9(20(13,16)17)11(6)18-5-10-14-7(2)15-19-10/h3-4H,5H2,1-2H3,(H2,13,16,17). The van der Waals surface area contributed by atoms with E-state index in [0.717, 1.165) is 0 Å². The van der Waals surface area contributed by atoms with Gasteiger partial charge in [-0.3, -0.25) is 0 Å². The molecule has 20 heavy (non-hydrogen) atoms. The number of primary sulfonamides is 1. The summed E-state index contributed by atoms with van der Waals surface area (Å²) in [4.78, 5) is 3.88. The number of hydrogen-bond acceptors (Lipinski definition) is 6. The summed E-state index contributed by atoms with van der Waals surface area (Å²) in [7, 11) is -3.90. The fourth-order valence-corrected chi connectivity index (χ4v) is 3.12. The molecule has 108 valence electrons. The van der Waals surface area contributed by atoms with Gasteiger partial charge in [-0.2, -0.15) is 4.98 Å². The molecule has 0 amide bonds. The maximum absolute atomic E-state index is 11.6. The van der Waals surface area contributed by atoms with Crippen molar-refractivity contribution in [2.75, 3.05) is 0 Å². The van der Waals surface area contributed by atoms with Crippen LogP contribution in [0.25, 0.3) is 0 Å². The molecule has 2 aromatic rings. The molecule has 9 heteroatoms. The van der Waals surface area contributed by atoms with Crippen LogP contribution in [0.1, 0.15) is 17.3 Å². The largest absolute Gasteiger partial charge is 0.482 e.